The van der Waals surface area contributed by atoms with Gasteiger partial charge in [-0.3, -0.25) is 0 Å². The highest BCUT2D eigenvalue weighted by molar-refractivity contribution is 5.72. The molecule has 0 aliphatic carbocycles. The van der Waals surface area contributed by atoms with Crippen LogP contribution < -0.4 is 5.32 Å². The van der Waals surface area contributed by atoms with Gasteiger partial charge < -0.3 is 9.73 Å². The van der Waals surface area contributed by atoms with Crippen molar-refractivity contribution < 1.29 is 4.42 Å². The summed E-state index contributed by atoms with van der Waals surface area (Å²) in [4.78, 5) is 4.08. The zero-order chi connectivity index (χ0) is 12.3. The number of oxazole rings is 1. The van der Waals surface area contributed by atoms with Gasteiger partial charge in [-0.25, -0.2) is 4.98 Å². The normalized spacial score (nSPS) is 14.4. The van der Waals surface area contributed by atoms with Crippen LogP contribution in [0.1, 0.15) is 24.9 Å². The third kappa shape index (κ3) is 2.15. The van der Waals surface area contributed by atoms with Crippen molar-refractivity contribution in [1.82, 2.24) is 10.3 Å². The van der Waals surface area contributed by atoms with Gasteiger partial charge in [0.15, 0.2) is 12.0 Å². The fraction of sp³-hybridized carbons (Fsp3) is 0.385. The van der Waals surface area contributed by atoms with E-state index in [1.165, 1.54) is 6.39 Å². The summed E-state index contributed by atoms with van der Waals surface area (Å²) in [5.41, 5.74) is 2.66. The minimum Gasteiger partial charge on any atom is -0.443 e. The fourth-order valence-electron chi connectivity index (χ4n) is 2.07. The maximum Gasteiger partial charge on any atom is 0.181 e. The summed E-state index contributed by atoms with van der Waals surface area (Å²) in [5.74, 6) is -0.0413. The summed E-state index contributed by atoms with van der Waals surface area (Å²) in [6.45, 7) is 2.02. The first kappa shape index (κ1) is 11.6. The van der Waals surface area contributed by atoms with Gasteiger partial charge in [-0.2, -0.15) is 5.26 Å². The molecular weight excluding hydrogens is 214 g/mol. The predicted molar refractivity (Wildman–Crippen MR) is 65.2 cm³/mol. The van der Waals surface area contributed by atoms with Crippen LogP contribution in [0.5, 0.6) is 0 Å². The van der Waals surface area contributed by atoms with Gasteiger partial charge in [0, 0.05) is 6.04 Å². The Kier molecular flexibility index (Phi) is 3.40. The molecule has 0 fully saturated rings. The number of nitrogens with one attached hydrogen (secondary N) is 1. The number of nitrogens with zero attached hydrogens (tertiary/aromatic N) is 2. The molecule has 1 aromatic carbocycles. The lowest BCUT2D eigenvalue weighted by Crippen LogP contribution is -2.23. The summed E-state index contributed by atoms with van der Waals surface area (Å²) in [6, 6.07) is 8.22. The second-order valence-electron chi connectivity index (χ2n) is 3.99. The van der Waals surface area contributed by atoms with E-state index in [1.807, 2.05) is 32.2 Å². The van der Waals surface area contributed by atoms with E-state index >= 15 is 0 Å². The molecule has 0 spiro atoms. The zero-order valence-electron chi connectivity index (χ0n) is 9.97. The van der Waals surface area contributed by atoms with Gasteiger partial charge in [0.2, 0.25) is 0 Å². The number of benzene rings is 1. The summed E-state index contributed by atoms with van der Waals surface area (Å²) in [7, 11) is 1.87. The van der Waals surface area contributed by atoms with Crippen LogP contribution in [0.25, 0.3) is 11.1 Å². The Morgan fingerprint density at radius 2 is 2.35 bits per heavy atom. The highest BCUT2D eigenvalue weighted by Crippen LogP contribution is 2.26. The van der Waals surface area contributed by atoms with E-state index in [0.717, 1.165) is 23.1 Å². The minimum absolute atomic E-state index is 0.0273. The molecule has 2 unspecified atom stereocenters. The number of fused-ring (bicyclic) bond motifs is 1. The standard InChI is InChI=1S/C13H15N3O/c1-3-9(7-14)13(15-2)10-4-5-11-12(6-10)17-8-16-11/h4-6,8-9,13,15H,3H2,1-2H3. The van der Waals surface area contributed by atoms with Crippen molar-refractivity contribution in [3.05, 3.63) is 30.2 Å². The van der Waals surface area contributed by atoms with Crippen LogP contribution in [0.3, 0.4) is 0 Å². The number of rotatable bonds is 4. The van der Waals surface area contributed by atoms with Crippen LogP contribution in [-0.4, -0.2) is 12.0 Å². The van der Waals surface area contributed by atoms with E-state index in [1.54, 1.807) is 0 Å². The SMILES string of the molecule is CCC(C#N)C(NC)c1ccc2ncoc2c1. The Bertz CT molecular complexity index is 541. The molecule has 17 heavy (non-hydrogen) atoms. The molecule has 1 aromatic heterocycles. The molecule has 1 heterocycles. The molecule has 0 saturated carbocycles. The molecule has 0 aliphatic rings. The second kappa shape index (κ2) is 4.98. The lowest BCUT2D eigenvalue weighted by molar-refractivity contribution is 0.449. The van der Waals surface area contributed by atoms with Crippen LogP contribution in [0.15, 0.2) is 29.0 Å². The molecule has 1 N–H and O–H groups in total. The molecule has 0 radical (unpaired) electrons. The third-order valence-electron chi connectivity index (χ3n) is 3.03. The quantitative estimate of drug-likeness (QED) is 0.875. The van der Waals surface area contributed by atoms with Crippen LogP contribution >= 0.6 is 0 Å². The smallest absolute Gasteiger partial charge is 0.181 e. The van der Waals surface area contributed by atoms with E-state index in [4.69, 9.17) is 9.68 Å². The van der Waals surface area contributed by atoms with Crippen LogP contribution in [-0.2, 0) is 0 Å². The summed E-state index contributed by atoms with van der Waals surface area (Å²) in [5, 5.41) is 12.3. The Morgan fingerprint density at radius 3 is 3.00 bits per heavy atom. The Hall–Kier alpha value is -1.86. The Balaban J connectivity index is 2.39. The number of aromatic nitrogens is 1. The van der Waals surface area contributed by atoms with Gasteiger partial charge >= 0.3 is 0 Å². The molecule has 0 saturated heterocycles. The van der Waals surface area contributed by atoms with Crippen molar-refractivity contribution in [3.63, 3.8) is 0 Å². The Morgan fingerprint density at radius 1 is 1.53 bits per heavy atom. The average Bonchev–Trinajstić information content (AvgIpc) is 2.82. The lowest BCUT2D eigenvalue weighted by atomic mass is 9.92. The molecule has 2 rings (SSSR count). The van der Waals surface area contributed by atoms with E-state index in [9.17, 15) is 0 Å². The summed E-state index contributed by atoms with van der Waals surface area (Å²) >= 11 is 0. The fourth-order valence-corrected chi connectivity index (χ4v) is 2.07. The maximum atomic E-state index is 9.14. The first-order chi connectivity index (χ1) is 8.30. The third-order valence-corrected chi connectivity index (χ3v) is 3.03. The van der Waals surface area contributed by atoms with Crippen molar-refractivity contribution in [2.45, 2.75) is 19.4 Å². The van der Waals surface area contributed by atoms with E-state index in [0.29, 0.717) is 0 Å². The molecule has 0 aliphatic heterocycles. The minimum atomic E-state index is -0.0413. The number of hydrogen-bond acceptors (Lipinski definition) is 4. The molecule has 4 heteroatoms. The van der Waals surface area contributed by atoms with Gasteiger partial charge in [-0.05, 0) is 31.2 Å². The molecule has 4 nitrogen and oxygen atoms in total. The van der Waals surface area contributed by atoms with Crippen molar-refractivity contribution in [2.24, 2.45) is 5.92 Å². The van der Waals surface area contributed by atoms with Gasteiger partial charge in [0.25, 0.3) is 0 Å². The summed E-state index contributed by atoms with van der Waals surface area (Å²) < 4.78 is 5.28. The van der Waals surface area contributed by atoms with E-state index in [2.05, 4.69) is 16.4 Å². The van der Waals surface area contributed by atoms with Crippen molar-refractivity contribution in [3.8, 4) is 6.07 Å². The van der Waals surface area contributed by atoms with E-state index in [-0.39, 0.29) is 12.0 Å². The predicted octanol–water partition coefficient (Wildman–Crippen LogP) is 2.64. The van der Waals surface area contributed by atoms with Gasteiger partial charge in [-0.15, -0.1) is 0 Å². The number of nitriles is 1. The van der Waals surface area contributed by atoms with Crippen molar-refractivity contribution in [1.29, 1.82) is 5.26 Å². The van der Waals surface area contributed by atoms with Crippen molar-refractivity contribution in [2.75, 3.05) is 7.05 Å². The number of hydrogen-bond donors (Lipinski definition) is 1. The molecule has 2 aromatic rings. The first-order valence-corrected chi connectivity index (χ1v) is 5.70. The van der Waals surface area contributed by atoms with Gasteiger partial charge in [0.05, 0.1) is 12.0 Å². The Labute approximate surface area is 100 Å². The highest BCUT2D eigenvalue weighted by Gasteiger charge is 2.20. The molecule has 0 amide bonds. The molecule has 0 bridgehead atoms. The van der Waals surface area contributed by atoms with Gasteiger partial charge in [0.1, 0.15) is 5.52 Å². The lowest BCUT2D eigenvalue weighted by Gasteiger charge is -2.20. The molecule has 2 atom stereocenters. The topological polar surface area (TPSA) is 61.9 Å². The van der Waals surface area contributed by atoms with E-state index < -0.39 is 0 Å². The van der Waals surface area contributed by atoms with Crippen LogP contribution in [0.4, 0.5) is 0 Å². The van der Waals surface area contributed by atoms with Gasteiger partial charge in [-0.1, -0.05) is 13.0 Å². The molecule has 88 valence electrons. The maximum absolute atomic E-state index is 9.14. The average molecular weight is 229 g/mol. The monoisotopic (exact) mass is 229 g/mol. The largest absolute Gasteiger partial charge is 0.443 e. The van der Waals surface area contributed by atoms with Crippen molar-refractivity contribution >= 4 is 11.1 Å². The van der Waals surface area contributed by atoms with Crippen LogP contribution in [0, 0.1) is 17.2 Å². The summed E-state index contributed by atoms with van der Waals surface area (Å²) in [6.07, 6.45) is 2.25. The molecular formula is C13H15N3O. The zero-order valence-corrected chi connectivity index (χ0v) is 9.97. The first-order valence-electron chi connectivity index (χ1n) is 5.70. The van der Waals surface area contributed by atoms with Crippen LogP contribution in [0.2, 0.25) is 0 Å². The highest BCUT2D eigenvalue weighted by atomic mass is 16.3. The second-order valence-corrected chi connectivity index (χ2v) is 3.99.